The Hall–Kier alpha value is -2.28. The minimum Gasteiger partial charge on any atom is -0.399 e. The molecule has 0 saturated carbocycles. The molecule has 8 heteroatoms. The predicted octanol–water partition coefficient (Wildman–Crippen LogP) is 0.762. The molecule has 19 heavy (non-hydrogen) atoms. The van der Waals surface area contributed by atoms with Gasteiger partial charge in [-0.2, -0.15) is 0 Å². The van der Waals surface area contributed by atoms with Crippen molar-refractivity contribution < 1.29 is 4.79 Å². The number of anilines is 2. The molecule has 5 N–H and O–H groups in total. The van der Waals surface area contributed by atoms with Crippen LogP contribution in [0.5, 0.6) is 0 Å². The van der Waals surface area contributed by atoms with Gasteiger partial charge < -0.3 is 21.4 Å². The van der Waals surface area contributed by atoms with Crippen LogP contribution in [0.1, 0.15) is 16.2 Å². The van der Waals surface area contributed by atoms with Gasteiger partial charge in [0.2, 0.25) is 0 Å². The average Bonchev–Trinajstić information content (AvgIpc) is 2.73. The van der Waals surface area contributed by atoms with Crippen LogP contribution in [-0.2, 0) is 13.6 Å². The van der Waals surface area contributed by atoms with E-state index in [1.807, 2.05) is 7.05 Å². The van der Waals surface area contributed by atoms with E-state index in [4.69, 9.17) is 23.1 Å². The first-order chi connectivity index (χ1) is 8.99. The Morgan fingerprint density at radius 1 is 1.53 bits per heavy atom. The molecule has 0 aliphatic heterocycles. The normalized spacial score (nSPS) is 10.4. The van der Waals surface area contributed by atoms with Crippen molar-refractivity contribution in [1.29, 1.82) is 0 Å². The molecular formula is C11H13ClN6O. The summed E-state index contributed by atoms with van der Waals surface area (Å²) in [6.45, 7) is 0.362. The Balaban J connectivity index is 2.29. The maximum atomic E-state index is 11.4. The number of amides is 1. The highest BCUT2D eigenvalue weighted by Gasteiger charge is 2.14. The van der Waals surface area contributed by atoms with E-state index in [1.54, 1.807) is 17.0 Å². The van der Waals surface area contributed by atoms with E-state index in [0.717, 1.165) is 0 Å². The number of rotatable bonds is 4. The third-order valence-electron chi connectivity index (χ3n) is 2.61. The Kier molecular flexibility index (Phi) is 3.57. The topological polar surface area (TPSA) is 112 Å². The summed E-state index contributed by atoms with van der Waals surface area (Å²) < 4.78 is 1.75. The maximum absolute atomic E-state index is 11.4. The third kappa shape index (κ3) is 2.76. The smallest absolute Gasteiger partial charge is 0.250 e. The maximum Gasteiger partial charge on any atom is 0.250 e. The number of benzene rings is 1. The second-order valence-corrected chi connectivity index (χ2v) is 4.41. The van der Waals surface area contributed by atoms with Crippen LogP contribution < -0.4 is 16.8 Å². The number of aromatic nitrogens is 3. The lowest BCUT2D eigenvalue weighted by Gasteiger charge is -2.12. The Bertz CT molecular complexity index is 624. The zero-order chi connectivity index (χ0) is 14.0. The molecule has 0 aliphatic rings. The van der Waals surface area contributed by atoms with E-state index in [2.05, 4.69) is 15.5 Å². The Morgan fingerprint density at radius 2 is 2.26 bits per heavy atom. The number of primary amides is 1. The second kappa shape index (κ2) is 5.15. The first-order valence-electron chi connectivity index (χ1n) is 5.44. The minimum atomic E-state index is -0.602. The number of nitrogen functional groups attached to an aromatic ring is 1. The van der Waals surface area contributed by atoms with Gasteiger partial charge in [0.25, 0.3) is 5.91 Å². The second-order valence-electron chi connectivity index (χ2n) is 4.00. The van der Waals surface area contributed by atoms with E-state index in [0.29, 0.717) is 28.8 Å². The van der Waals surface area contributed by atoms with Gasteiger partial charge in [-0.1, -0.05) is 11.6 Å². The number of hydrogen-bond acceptors (Lipinski definition) is 5. The summed E-state index contributed by atoms with van der Waals surface area (Å²) in [5.74, 6) is 0.0953. The van der Waals surface area contributed by atoms with Gasteiger partial charge in [0.15, 0.2) is 5.82 Å². The summed E-state index contributed by atoms with van der Waals surface area (Å²) in [5, 5.41) is 11.0. The van der Waals surface area contributed by atoms with Crippen molar-refractivity contribution in [2.24, 2.45) is 12.8 Å². The van der Waals surface area contributed by atoms with Crippen molar-refractivity contribution in [2.45, 2.75) is 6.54 Å². The lowest BCUT2D eigenvalue weighted by Crippen LogP contribution is -2.16. The molecule has 0 radical (unpaired) electrons. The summed E-state index contributed by atoms with van der Waals surface area (Å²) in [5.41, 5.74) is 12.0. The van der Waals surface area contributed by atoms with E-state index < -0.39 is 5.91 Å². The van der Waals surface area contributed by atoms with Gasteiger partial charge in [0, 0.05) is 12.7 Å². The Labute approximate surface area is 114 Å². The first kappa shape index (κ1) is 13.2. The van der Waals surface area contributed by atoms with Crippen molar-refractivity contribution in [3.05, 3.63) is 34.9 Å². The van der Waals surface area contributed by atoms with E-state index in [-0.39, 0.29) is 5.56 Å². The molecular weight excluding hydrogens is 268 g/mol. The fraction of sp³-hybridized carbons (Fsp3) is 0.182. The van der Waals surface area contributed by atoms with Crippen molar-refractivity contribution in [3.8, 4) is 0 Å². The van der Waals surface area contributed by atoms with E-state index in [1.165, 1.54) is 6.07 Å². The molecule has 0 atom stereocenters. The SMILES string of the molecule is Cn1cnnc1CNc1c(Cl)cc(N)cc1C(N)=O. The number of aryl methyl sites for hydroxylation is 1. The van der Waals surface area contributed by atoms with Crippen LogP contribution in [0, 0.1) is 0 Å². The molecule has 7 nitrogen and oxygen atoms in total. The number of hydrogen-bond donors (Lipinski definition) is 3. The number of carbonyl (C=O) groups is 1. The number of nitrogens with two attached hydrogens (primary N) is 2. The molecule has 100 valence electrons. The first-order valence-corrected chi connectivity index (χ1v) is 5.82. The summed E-state index contributed by atoms with van der Waals surface area (Å²) in [7, 11) is 1.82. The van der Waals surface area contributed by atoms with Gasteiger partial charge in [0.05, 0.1) is 22.8 Å². The molecule has 1 aromatic carbocycles. The van der Waals surface area contributed by atoms with Gasteiger partial charge >= 0.3 is 0 Å². The monoisotopic (exact) mass is 280 g/mol. The highest BCUT2D eigenvalue weighted by atomic mass is 35.5. The molecule has 0 bridgehead atoms. The highest BCUT2D eigenvalue weighted by molar-refractivity contribution is 6.34. The van der Waals surface area contributed by atoms with Crippen LogP contribution in [0.25, 0.3) is 0 Å². The summed E-state index contributed by atoms with van der Waals surface area (Å²) in [6, 6.07) is 3.03. The number of halogens is 1. The molecule has 0 unspecified atom stereocenters. The predicted molar refractivity (Wildman–Crippen MR) is 72.7 cm³/mol. The van der Waals surface area contributed by atoms with E-state index in [9.17, 15) is 4.79 Å². The zero-order valence-corrected chi connectivity index (χ0v) is 11.0. The fourth-order valence-electron chi connectivity index (χ4n) is 1.64. The lowest BCUT2D eigenvalue weighted by atomic mass is 10.1. The minimum absolute atomic E-state index is 0.243. The van der Waals surface area contributed by atoms with Gasteiger partial charge in [-0.05, 0) is 12.1 Å². The molecule has 2 rings (SSSR count). The average molecular weight is 281 g/mol. The van der Waals surface area contributed by atoms with Crippen LogP contribution >= 0.6 is 11.6 Å². The molecule has 0 fully saturated rings. The molecule has 0 aliphatic carbocycles. The molecule has 1 heterocycles. The standard InChI is InChI=1S/C11H13ClN6O/c1-18-5-16-17-9(18)4-15-10-7(11(14)19)2-6(13)3-8(10)12/h2-3,5,15H,4,13H2,1H3,(H2,14,19). The van der Waals surface area contributed by atoms with Gasteiger partial charge in [-0.15, -0.1) is 10.2 Å². The van der Waals surface area contributed by atoms with Crippen molar-refractivity contribution in [3.63, 3.8) is 0 Å². The van der Waals surface area contributed by atoms with Gasteiger partial charge in [0.1, 0.15) is 6.33 Å². The molecule has 1 aromatic heterocycles. The van der Waals surface area contributed by atoms with Crippen LogP contribution in [0.15, 0.2) is 18.5 Å². The molecule has 2 aromatic rings. The van der Waals surface area contributed by atoms with Crippen molar-refractivity contribution in [2.75, 3.05) is 11.1 Å². The summed E-state index contributed by atoms with van der Waals surface area (Å²) in [4.78, 5) is 11.4. The van der Waals surface area contributed by atoms with Gasteiger partial charge in [-0.3, -0.25) is 4.79 Å². The fourth-order valence-corrected chi connectivity index (χ4v) is 1.93. The quantitative estimate of drug-likeness (QED) is 0.716. The van der Waals surface area contributed by atoms with E-state index >= 15 is 0 Å². The van der Waals surface area contributed by atoms with Crippen LogP contribution in [0.4, 0.5) is 11.4 Å². The lowest BCUT2D eigenvalue weighted by molar-refractivity contribution is 0.100. The highest BCUT2D eigenvalue weighted by Crippen LogP contribution is 2.29. The number of carbonyl (C=O) groups excluding carboxylic acids is 1. The largest absolute Gasteiger partial charge is 0.399 e. The molecule has 0 saturated heterocycles. The number of nitrogens with zero attached hydrogens (tertiary/aromatic N) is 3. The van der Waals surface area contributed by atoms with Crippen LogP contribution in [-0.4, -0.2) is 20.7 Å². The molecule has 1 amide bonds. The summed E-state index contributed by atoms with van der Waals surface area (Å²) >= 11 is 6.07. The zero-order valence-electron chi connectivity index (χ0n) is 10.2. The van der Waals surface area contributed by atoms with Crippen LogP contribution in [0.2, 0.25) is 5.02 Å². The summed E-state index contributed by atoms with van der Waals surface area (Å²) in [6.07, 6.45) is 1.58. The third-order valence-corrected chi connectivity index (χ3v) is 2.90. The van der Waals surface area contributed by atoms with Crippen LogP contribution in [0.3, 0.4) is 0 Å². The Morgan fingerprint density at radius 3 is 2.84 bits per heavy atom. The molecule has 0 spiro atoms. The van der Waals surface area contributed by atoms with Crippen molar-refractivity contribution >= 4 is 28.9 Å². The van der Waals surface area contributed by atoms with Crippen molar-refractivity contribution in [1.82, 2.24) is 14.8 Å². The van der Waals surface area contributed by atoms with Gasteiger partial charge in [-0.25, -0.2) is 0 Å². The number of nitrogens with one attached hydrogen (secondary N) is 1.